The van der Waals surface area contributed by atoms with Gasteiger partial charge in [-0.05, 0) is 49.7 Å². The molecule has 0 saturated carbocycles. The molecule has 2 aromatic carbocycles. The minimum Gasteiger partial charge on any atom is -0.495 e. The van der Waals surface area contributed by atoms with Crippen molar-refractivity contribution < 1.29 is 19.1 Å². The molecule has 0 aliphatic carbocycles. The van der Waals surface area contributed by atoms with Gasteiger partial charge in [0.15, 0.2) is 12.4 Å². The average Bonchev–Trinajstić information content (AvgIpc) is 2.81. The van der Waals surface area contributed by atoms with Crippen LogP contribution in [0.3, 0.4) is 0 Å². The fourth-order valence-corrected chi connectivity index (χ4v) is 4.13. The number of hydrogen-bond donors (Lipinski definition) is 1. The summed E-state index contributed by atoms with van der Waals surface area (Å²) in [6, 6.07) is 13.4. The maximum absolute atomic E-state index is 12.5. The predicted octanol–water partition coefficient (Wildman–Crippen LogP) is 3.20. The summed E-state index contributed by atoms with van der Waals surface area (Å²) in [5, 5.41) is 2.75. The Morgan fingerprint density at radius 3 is 2.71 bits per heavy atom. The van der Waals surface area contributed by atoms with Crippen LogP contribution in [0, 0.1) is 0 Å². The number of methoxy groups -OCH3 is 1. The zero-order valence-electron chi connectivity index (χ0n) is 17.9. The average molecular weight is 424 g/mol. The Labute approximate surface area is 182 Å². The monoisotopic (exact) mass is 423 g/mol. The van der Waals surface area contributed by atoms with E-state index in [0.29, 0.717) is 23.4 Å². The largest absolute Gasteiger partial charge is 0.495 e. The molecule has 1 amide bonds. The van der Waals surface area contributed by atoms with Gasteiger partial charge in [0.2, 0.25) is 0 Å². The van der Waals surface area contributed by atoms with E-state index in [-0.39, 0.29) is 18.3 Å². The predicted molar refractivity (Wildman–Crippen MR) is 120 cm³/mol. The van der Waals surface area contributed by atoms with Crippen LogP contribution in [0.15, 0.2) is 42.5 Å². The summed E-state index contributed by atoms with van der Waals surface area (Å²) >= 11 is 0. The Balaban J connectivity index is 1.19. The summed E-state index contributed by atoms with van der Waals surface area (Å²) in [7, 11) is 1.71. The van der Waals surface area contributed by atoms with Gasteiger partial charge in [0.1, 0.15) is 11.5 Å². The summed E-state index contributed by atoms with van der Waals surface area (Å²) in [5.74, 6) is 1.44. The van der Waals surface area contributed by atoms with Crippen molar-refractivity contribution >= 4 is 23.1 Å². The van der Waals surface area contributed by atoms with Crippen LogP contribution in [-0.4, -0.2) is 63.0 Å². The maximum atomic E-state index is 12.5. The summed E-state index contributed by atoms with van der Waals surface area (Å²) < 4.78 is 10.8. The second kappa shape index (κ2) is 9.83. The van der Waals surface area contributed by atoms with Crippen LogP contribution in [-0.2, 0) is 4.79 Å². The highest BCUT2D eigenvalue weighted by Gasteiger charge is 2.20. The molecule has 0 aromatic heterocycles. The first kappa shape index (κ1) is 21.2. The number of benzene rings is 2. The zero-order valence-corrected chi connectivity index (χ0v) is 17.9. The van der Waals surface area contributed by atoms with Gasteiger partial charge in [-0.15, -0.1) is 0 Å². The summed E-state index contributed by atoms with van der Waals surface area (Å²) in [6.45, 7) is 4.99. The van der Waals surface area contributed by atoms with E-state index < -0.39 is 0 Å². The molecule has 164 valence electrons. The summed E-state index contributed by atoms with van der Waals surface area (Å²) in [6.07, 6.45) is 2.35. The number of ether oxygens (including phenoxy) is 2. The van der Waals surface area contributed by atoms with Gasteiger partial charge in [-0.3, -0.25) is 14.5 Å². The van der Waals surface area contributed by atoms with Crippen molar-refractivity contribution in [3.63, 3.8) is 0 Å². The number of fused-ring (bicyclic) bond motifs is 1. The smallest absolute Gasteiger partial charge is 0.262 e. The van der Waals surface area contributed by atoms with Crippen molar-refractivity contribution in [3.05, 3.63) is 48.0 Å². The molecule has 0 unspecified atom stereocenters. The van der Waals surface area contributed by atoms with Gasteiger partial charge in [0, 0.05) is 38.2 Å². The van der Waals surface area contributed by atoms with Crippen molar-refractivity contribution in [3.8, 4) is 11.5 Å². The number of carbonyl (C=O) groups excluding carboxylic acids is 2. The quantitative estimate of drug-likeness (QED) is 0.519. The molecule has 0 bridgehead atoms. The number of nitrogens with one attached hydrogen (secondary N) is 1. The Kier molecular flexibility index (Phi) is 6.72. The molecular formula is C24H29N3O4. The lowest BCUT2D eigenvalue weighted by Crippen LogP contribution is -2.46. The third-order valence-corrected chi connectivity index (χ3v) is 5.86. The van der Waals surface area contributed by atoms with E-state index in [1.54, 1.807) is 25.3 Å². The zero-order chi connectivity index (χ0) is 21.6. The maximum Gasteiger partial charge on any atom is 0.262 e. The van der Waals surface area contributed by atoms with Crippen molar-refractivity contribution in [2.75, 3.05) is 56.7 Å². The number of hydrogen-bond acceptors (Lipinski definition) is 6. The highest BCUT2D eigenvalue weighted by atomic mass is 16.5. The molecule has 2 aromatic rings. The fourth-order valence-electron chi connectivity index (χ4n) is 4.13. The molecule has 31 heavy (non-hydrogen) atoms. The Morgan fingerprint density at radius 2 is 1.90 bits per heavy atom. The van der Waals surface area contributed by atoms with Crippen LogP contribution in [0.2, 0.25) is 0 Å². The minimum absolute atomic E-state index is 0.0213. The number of carbonyl (C=O) groups is 2. The van der Waals surface area contributed by atoms with Crippen LogP contribution in [0.1, 0.15) is 29.6 Å². The van der Waals surface area contributed by atoms with Gasteiger partial charge in [-0.1, -0.05) is 12.1 Å². The van der Waals surface area contributed by atoms with Crippen LogP contribution < -0.4 is 19.7 Å². The lowest BCUT2D eigenvalue weighted by molar-refractivity contribution is -0.118. The molecule has 4 rings (SSSR count). The number of nitrogens with zero attached hydrogens (tertiary/aromatic N) is 2. The van der Waals surface area contributed by atoms with E-state index in [2.05, 4.69) is 21.2 Å². The fraction of sp³-hybridized carbons (Fsp3) is 0.417. The molecule has 2 aliphatic heterocycles. The number of para-hydroxylation sites is 2. The Hall–Kier alpha value is -3.06. The van der Waals surface area contributed by atoms with Crippen LogP contribution in [0.25, 0.3) is 0 Å². The highest BCUT2D eigenvalue weighted by Crippen LogP contribution is 2.30. The van der Waals surface area contributed by atoms with Crippen molar-refractivity contribution in [2.24, 2.45) is 0 Å². The van der Waals surface area contributed by atoms with Crippen LogP contribution >= 0.6 is 0 Å². The number of piperazine rings is 1. The third-order valence-electron chi connectivity index (χ3n) is 5.86. The first-order valence-electron chi connectivity index (χ1n) is 10.8. The first-order valence-corrected chi connectivity index (χ1v) is 10.8. The number of amides is 1. The van der Waals surface area contributed by atoms with E-state index in [1.807, 2.05) is 18.2 Å². The third kappa shape index (κ3) is 5.17. The molecule has 2 aliphatic rings. The van der Waals surface area contributed by atoms with E-state index in [1.165, 1.54) is 0 Å². The molecule has 1 saturated heterocycles. The standard InChI is InChI=1S/C24H29N3O4/c1-30-23-8-3-2-6-20(23)27-14-12-26(13-15-27)11-5-4-7-21(28)18-9-10-22-19(16-18)25-24(29)17-31-22/h2-3,6,8-10,16H,4-5,7,11-15,17H2,1H3,(H,25,29). The first-order chi connectivity index (χ1) is 15.1. The molecule has 0 atom stereocenters. The Morgan fingerprint density at radius 1 is 1.10 bits per heavy atom. The van der Waals surface area contributed by atoms with Crippen molar-refractivity contribution in [2.45, 2.75) is 19.3 Å². The van der Waals surface area contributed by atoms with Gasteiger partial charge >= 0.3 is 0 Å². The Bertz CT molecular complexity index is 938. The lowest BCUT2D eigenvalue weighted by Gasteiger charge is -2.36. The van der Waals surface area contributed by atoms with Crippen molar-refractivity contribution in [1.82, 2.24) is 4.90 Å². The number of ketones is 1. The number of unbranched alkanes of at least 4 members (excludes halogenated alkanes) is 1. The molecule has 1 fully saturated rings. The molecule has 7 nitrogen and oxygen atoms in total. The number of anilines is 2. The molecule has 0 spiro atoms. The van der Waals surface area contributed by atoms with Crippen LogP contribution in [0.4, 0.5) is 11.4 Å². The SMILES string of the molecule is COc1ccccc1N1CCN(CCCCC(=O)c2ccc3c(c2)NC(=O)CO3)CC1. The van der Waals surface area contributed by atoms with Gasteiger partial charge < -0.3 is 19.7 Å². The van der Waals surface area contributed by atoms with Gasteiger partial charge in [0.25, 0.3) is 5.91 Å². The van der Waals surface area contributed by atoms with E-state index >= 15 is 0 Å². The van der Waals surface area contributed by atoms with E-state index in [0.717, 1.165) is 57.0 Å². The molecule has 1 N–H and O–H groups in total. The minimum atomic E-state index is -0.192. The van der Waals surface area contributed by atoms with Gasteiger partial charge in [0.05, 0.1) is 18.5 Å². The number of rotatable bonds is 8. The second-order valence-electron chi connectivity index (χ2n) is 7.93. The molecule has 0 radical (unpaired) electrons. The van der Waals surface area contributed by atoms with Crippen molar-refractivity contribution in [1.29, 1.82) is 0 Å². The topological polar surface area (TPSA) is 71.1 Å². The molecular weight excluding hydrogens is 394 g/mol. The molecule has 2 heterocycles. The normalized spacial score (nSPS) is 16.3. The lowest BCUT2D eigenvalue weighted by atomic mass is 10.0. The summed E-state index contributed by atoms with van der Waals surface area (Å²) in [5.41, 5.74) is 2.35. The molecule has 7 heteroatoms. The number of Topliss-reactive ketones (excluding diaryl/α,β-unsaturated/α-hetero) is 1. The van der Waals surface area contributed by atoms with E-state index in [4.69, 9.17) is 9.47 Å². The second-order valence-corrected chi connectivity index (χ2v) is 7.93. The van der Waals surface area contributed by atoms with E-state index in [9.17, 15) is 9.59 Å². The van der Waals surface area contributed by atoms with Gasteiger partial charge in [-0.2, -0.15) is 0 Å². The van der Waals surface area contributed by atoms with Crippen LogP contribution in [0.5, 0.6) is 11.5 Å². The highest BCUT2D eigenvalue weighted by molar-refractivity contribution is 6.00. The van der Waals surface area contributed by atoms with Gasteiger partial charge in [-0.25, -0.2) is 0 Å². The summed E-state index contributed by atoms with van der Waals surface area (Å²) in [4.78, 5) is 28.8.